The maximum atomic E-state index is 12.5. The maximum Gasteiger partial charge on any atom is 0.408 e. The summed E-state index contributed by atoms with van der Waals surface area (Å²) in [5, 5.41) is 2.68. The monoisotopic (exact) mass is 424 g/mol. The van der Waals surface area contributed by atoms with Crippen molar-refractivity contribution in [3.8, 4) is 0 Å². The fraction of sp³-hybridized carbons (Fsp3) is 0.556. The summed E-state index contributed by atoms with van der Waals surface area (Å²) in [6.07, 6.45) is 0.0862. The highest BCUT2D eigenvalue weighted by molar-refractivity contribution is 6.01. The summed E-state index contributed by atoms with van der Waals surface area (Å²) in [6.45, 7) is 6.32. The molecule has 0 bridgehead atoms. The normalized spacial score (nSPS) is 15.1. The van der Waals surface area contributed by atoms with E-state index in [0.717, 1.165) is 4.57 Å². The molecule has 1 aliphatic heterocycles. The number of hydrogen-bond acceptors (Lipinski definition) is 8. The van der Waals surface area contributed by atoms with Crippen LogP contribution in [0.15, 0.2) is 15.8 Å². The van der Waals surface area contributed by atoms with Gasteiger partial charge in [-0.1, -0.05) is 0 Å². The van der Waals surface area contributed by atoms with Crippen LogP contribution in [0, 0.1) is 6.92 Å². The number of aryl methyl sites for hydroxylation is 2. The van der Waals surface area contributed by atoms with Crippen molar-refractivity contribution in [3.05, 3.63) is 32.6 Å². The number of rotatable bonds is 6. The Morgan fingerprint density at radius 3 is 2.33 bits per heavy atom. The van der Waals surface area contributed by atoms with Crippen LogP contribution in [-0.2, 0) is 30.5 Å². The van der Waals surface area contributed by atoms with E-state index in [1.807, 2.05) is 0 Å². The minimum Gasteiger partial charge on any atom is -0.444 e. The number of carbonyl (C=O) groups excluding carboxylic acids is 4. The molecule has 1 aromatic heterocycles. The molecule has 1 saturated heterocycles. The molecule has 12 heteroatoms. The van der Waals surface area contributed by atoms with Gasteiger partial charge in [0.25, 0.3) is 17.4 Å². The van der Waals surface area contributed by atoms with E-state index in [9.17, 15) is 28.8 Å². The molecule has 0 saturated carbocycles. The van der Waals surface area contributed by atoms with Gasteiger partial charge in [0.1, 0.15) is 11.6 Å². The van der Waals surface area contributed by atoms with E-state index in [-0.39, 0.29) is 31.4 Å². The van der Waals surface area contributed by atoms with Gasteiger partial charge >= 0.3 is 17.8 Å². The zero-order chi connectivity index (χ0) is 22.6. The van der Waals surface area contributed by atoms with Gasteiger partial charge in [-0.05, 0) is 34.1 Å². The van der Waals surface area contributed by atoms with E-state index in [1.165, 1.54) is 13.1 Å². The van der Waals surface area contributed by atoms with E-state index in [2.05, 4.69) is 10.3 Å². The molecule has 0 aromatic carbocycles. The van der Waals surface area contributed by atoms with Crippen molar-refractivity contribution >= 4 is 23.9 Å². The fourth-order valence-electron chi connectivity index (χ4n) is 2.56. The largest absolute Gasteiger partial charge is 0.444 e. The number of amides is 3. The Balaban J connectivity index is 2.16. The molecule has 1 atom stereocenters. The lowest BCUT2D eigenvalue weighted by molar-refractivity contribution is -0.199. The SMILES string of the molecule is Cc1cn(CC[C@H](NC(=O)OC(C)(C)C)C(=O)ON2C(=O)CCC2=O)c(=O)[nH]c1=O. The van der Waals surface area contributed by atoms with Crippen molar-refractivity contribution in [2.75, 3.05) is 0 Å². The molecule has 2 heterocycles. The number of hydrogen-bond donors (Lipinski definition) is 2. The Morgan fingerprint density at radius 2 is 1.77 bits per heavy atom. The smallest absolute Gasteiger partial charge is 0.408 e. The number of hydroxylamine groups is 2. The summed E-state index contributed by atoms with van der Waals surface area (Å²) in [5.41, 5.74) is -1.79. The average molecular weight is 424 g/mol. The summed E-state index contributed by atoms with van der Waals surface area (Å²) < 4.78 is 6.27. The standard InChI is InChI=1S/C18H24N4O8/c1-10-9-21(16(27)20-14(10)25)8-7-11(19-17(28)29-18(2,3)4)15(26)30-22-12(23)5-6-13(22)24/h9,11H,5-8H2,1-4H3,(H,19,28)(H,20,25,27)/t11-/m0/s1. The Labute approximate surface area is 171 Å². The third kappa shape index (κ3) is 6.03. The van der Waals surface area contributed by atoms with Gasteiger partial charge < -0.3 is 19.5 Å². The zero-order valence-electron chi connectivity index (χ0n) is 17.1. The van der Waals surface area contributed by atoms with Crippen LogP contribution in [0.25, 0.3) is 0 Å². The van der Waals surface area contributed by atoms with E-state index >= 15 is 0 Å². The van der Waals surface area contributed by atoms with Crippen LogP contribution in [-0.4, -0.2) is 50.1 Å². The van der Waals surface area contributed by atoms with Crippen LogP contribution in [0.1, 0.15) is 45.6 Å². The second-order valence-corrected chi connectivity index (χ2v) is 7.74. The second-order valence-electron chi connectivity index (χ2n) is 7.74. The van der Waals surface area contributed by atoms with Crippen molar-refractivity contribution in [1.82, 2.24) is 19.9 Å². The number of aromatic nitrogens is 2. The lowest BCUT2D eigenvalue weighted by atomic mass is 10.2. The maximum absolute atomic E-state index is 12.5. The predicted molar refractivity (Wildman–Crippen MR) is 101 cm³/mol. The zero-order valence-corrected chi connectivity index (χ0v) is 17.1. The van der Waals surface area contributed by atoms with Crippen LogP contribution >= 0.6 is 0 Å². The predicted octanol–water partition coefficient (Wildman–Crippen LogP) is -0.264. The number of H-pyrrole nitrogens is 1. The summed E-state index contributed by atoms with van der Waals surface area (Å²) in [6, 6.07) is -1.33. The highest BCUT2D eigenvalue weighted by Crippen LogP contribution is 2.14. The average Bonchev–Trinajstić information content (AvgIpc) is 2.92. The topological polar surface area (TPSA) is 157 Å². The number of ether oxygens (including phenoxy) is 1. The summed E-state index contributed by atoms with van der Waals surface area (Å²) in [4.78, 5) is 78.4. The van der Waals surface area contributed by atoms with Crippen LogP contribution in [0.5, 0.6) is 0 Å². The quantitative estimate of drug-likeness (QED) is 0.591. The molecule has 0 spiro atoms. The lowest BCUT2D eigenvalue weighted by Gasteiger charge is -2.24. The van der Waals surface area contributed by atoms with Crippen molar-refractivity contribution in [3.63, 3.8) is 0 Å². The van der Waals surface area contributed by atoms with Gasteiger partial charge in [0, 0.05) is 31.1 Å². The number of imide groups is 1. The van der Waals surface area contributed by atoms with Crippen LogP contribution in [0.4, 0.5) is 4.79 Å². The molecular weight excluding hydrogens is 400 g/mol. The van der Waals surface area contributed by atoms with Crippen LogP contribution < -0.4 is 16.6 Å². The summed E-state index contributed by atoms with van der Waals surface area (Å²) in [5.74, 6) is -2.41. The van der Waals surface area contributed by atoms with Gasteiger partial charge in [0.15, 0.2) is 0 Å². The molecular formula is C18H24N4O8. The molecule has 0 aliphatic carbocycles. The highest BCUT2D eigenvalue weighted by Gasteiger charge is 2.35. The van der Waals surface area contributed by atoms with Crippen molar-refractivity contribution < 1.29 is 28.8 Å². The second kappa shape index (κ2) is 8.93. The highest BCUT2D eigenvalue weighted by atomic mass is 16.7. The number of alkyl carbamates (subject to hydrolysis) is 1. The first kappa shape index (κ1) is 22.8. The van der Waals surface area contributed by atoms with E-state index in [4.69, 9.17) is 9.57 Å². The van der Waals surface area contributed by atoms with E-state index in [1.54, 1.807) is 20.8 Å². The first-order valence-electron chi connectivity index (χ1n) is 9.25. The molecule has 1 fully saturated rings. The van der Waals surface area contributed by atoms with Crippen molar-refractivity contribution in [1.29, 1.82) is 0 Å². The van der Waals surface area contributed by atoms with Gasteiger partial charge in [-0.15, -0.1) is 5.06 Å². The molecule has 30 heavy (non-hydrogen) atoms. The summed E-state index contributed by atoms with van der Waals surface area (Å²) in [7, 11) is 0. The molecule has 3 amide bonds. The molecule has 12 nitrogen and oxygen atoms in total. The van der Waals surface area contributed by atoms with Crippen LogP contribution in [0.2, 0.25) is 0 Å². The first-order chi connectivity index (χ1) is 13.9. The van der Waals surface area contributed by atoms with Crippen LogP contribution in [0.3, 0.4) is 0 Å². The fourth-order valence-corrected chi connectivity index (χ4v) is 2.56. The van der Waals surface area contributed by atoms with Crippen molar-refractivity contribution in [2.24, 2.45) is 0 Å². The Bertz CT molecular complexity index is 956. The molecule has 1 aliphatic rings. The molecule has 164 valence electrons. The van der Waals surface area contributed by atoms with Crippen molar-refractivity contribution in [2.45, 2.75) is 65.1 Å². The number of nitrogens with one attached hydrogen (secondary N) is 2. The van der Waals surface area contributed by atoms with Gasteiger partial charge in [-0.2, -0.15) is 0 Å². The first-order valence-corrected chi connectivity index (χ1v) is 9.25. The minimum atomic E-state index is -1.33. The number of carbonyl (C=O) groups is 4. The Morgan fingerprint density at radius 1 is 1.17 bits per heavy atom. The number of nitrogens with zero attached hydrogens (tertiary/aromatic N) is 2. The molecule has 0 unspecified atom stereocenters. The Hall–Kier alpha value is -3.44. The minimum absolute atomic E-state index is 0.0755. The summed E-state index contributed by atoms with van der Waals surface area (Å²) >= 11 is 0. The lowest BCUT2D eigenvalue weighted by Crippen LogP contribution is -2.47. The third-order valence-electron chi connectivity index (χ3n) is 4.01. The van der Waals surface area contributed by atoms with Gasteiger partial charge in [-0.25, -0.2) is 14.4 Å². The number of aromatic amines is 1. The third-order valence-corrected chi connectivity index (χ3v) is 4.01. The molecule has 2 N–H and O–H groups in total. The van der Waals surface area contributed by atoms with Gasteiger partial charge in [0.05, 0.1) is 0 Å². The van der Waals surface area contributed by atoms with Gasteiger partial charge in [-0.3, -0.25) is 19.4 Å². The molecule has 2 rings (SSSR count). The Kier molecular flexibility index (Phi) is 6.80. The van der Waals surface area contributed by atoms with E-state index in [0.29, 0.717) is 5.06 Å². The molecule has 1 aromatic rings. The van der Waals surface area contributed by atoms with Gasteiger partial charge in [0.2, 0.25) is 0 Å². The van der Waals surface area contributed by atoms with E-state index < -0.39 is 46.8 Å². The molecule has 0 radical (unpaired) electrons.